The van der Waals surface area contributed by atoms with Gasteiger partial charge in [-0.25, -0.2) is 32.2 Å². The molecule has 1 aliphatic heterocycles. The summed E-state index contributed by atoms with van der Waals surface area (Å²) in [5, 5.41) is 0.764. The second-order valence-electron chi connectivity index (χ2n) is 9.24. The number of anilines is 2. The number of amides is 1. The fraction of sp³-hybridized carbons (Fsp3) is 0.222. The number of thiophene rings is 1. The average molecular weight is 615 g/mol. The monoisotopic (exact) mass is 614 g/mol. The highest BCUT2D eigenvalue weighted by molar-refractivity contribution is 7.92. The first-order valence-electron chi connectivity index (χ1n) is 12.5. The lowest BCUT2D eigenvalue weighted by atomic mass is 10.2. The Labute approximate surface area is 243 Å². The van der Waals surface area contributed by atoms with E-state index in [0.717, 1.165) is 17.5 Å². The van der Waals surface area contributed by atoms with Crippen molar-refractivity contribution in [3.63, 3.8) is 0 Å². The molecule has 0 radical (unpaired) electrons. The second-order valence-corrected chi connectivity index (χ2v) is 11.9. The van der Waals surface area contributed by atoms with Gasteiger partial charge in [-0.3, -0.25) is 14.3 Å². The molecule has 0 unspecified atom stereocenters. The number of halogens is 2. The molecule has 1 saturated heterocycles. The fourth-order valence-corrected chi connectivity index (χ4v) is 6.47. The van der Waals surface area contributed by atoms with Crippen molar-refractivity contribution in [2.45, 2.75) is 11.8 Å². The van der Waals surface area contributed by atoms with E-state index in [9.17, 15) is 26.8 Å². The first-order chi connectivity index (χ1) is 20.1. The van der Waals surface area contributed by atoms with Crippen LogP contribution in [0.2, 0.25) is 0 Å². The second kappa shape index (κ2) is 11.8. The van der Waals surface area contributed by atoms with Crippen LogP contribution in [-0.2, 0) is 19.6 Å². The molecule has 0 aliphatic carbocycles. The van der Waals surface area contributed by atoms with Gasteiger partial charge in [0.2, 0.25) is 11.8 Å². The molecule has 0 atom stereocenters. The summed E-state index contributed by atoms with van der Waals surface area (Å²) in [5.41, 5.74) is 0.497. The zero-order chi connectivity index (χ0) is 30.0. The topological polar surface area (TPSA) is 135 Å². The zero-order valence-electron chi connectivity index (χ0n) is 22.4. The number of carbonyl (C=O) groups excluding carboxylic acids is 2. The summed E-state index contributed by atoms with van der Waals surface area (Å²) in [4.78, 5) is 40.9. The smallest absolute Gasteiger partial charge is 0.264 e. The van der Waals surface area contributed by atoms with Gasteiger partial charge in [-0.15, -0.1) is 11.3 Å². The third-order valence-electron chi connectivity index (χ3n) is 6.42. The minimum absolute atomic E-state index is 0.0397. The minimum Gasteiger partial charge on any atom is -0.480 e. The van der Waals surface area contributed by atoms with Gasteiger partial charge in [0.25, 0.3) is 10.0 Å². The highest BCUT2D eigenvalue weighted by atomic mass is 32.2. The number of nitrogens with zero attached hydrogens (tertiary/aromatic N) is 5. The van der Waals surface area contributed by atoms with Gasteiger partial charge >= 0.3 is 0 Å². The number of rotatable bonds is 8. The number of pyridine rings is 1. The van der Waals surface area contributed by atoms with Crippen LogP contribution in [0.5, 0.6) is 5.88 Å². The van der Waals surface area contributed by atoms with Crippen molar-refractivity contribution >= 4 is 54.8 Å². The van der Waals surface area contributed by atoms with Crippen LogP contribution in [-0.4, -0.2) is 73.2 Å². The van der Waals surface area contributed by atoms with Crippen LogP contribution in [0.15, 0.2) is 59.9 Å². The molecule has 1 amide bonds. The number of aromatic nitrogens is 3. The molecule has 1 fully saturated rings. The summed E-state index contributed by atoms with van der Waals surface area (Å²) < 4.78 is 60.9. The van der Waals surface area contributed by atoms with Gasteiger partial charge in [0.1, 0.15) is 39.2 Å². The number of benzene rings is 1. The Balaban J connectivity index is 1.41. The predicted octanol–water partition coefficient (Wildman–Crippen LogP) is 3.63. The summed E-state index contributed by atoms with van der Waals surface area (Å²) in [6, 6.07) is 5.54. The van der Waals surface area contributed by atoms with Gasteiger partial charge in [0.15, 0.2) is 5.78 Å². The number of sulfonamides is 1. The molecule has 4 aromatic rings. The summed E-state index contributed by atoms with van der Waals surface area (Å²) in [5.74, 6) is -1.93. The van der Waals surface area contributed by atoms with Crippen LogP contribution >= 0.6 is 11.3 Å². The Morgan fingerprint density at radius 3 is 2.50 bits per heavy atom. The van der Waals surface area contributed by atoms with Crippen molar-refractivity contribution in [3.8, 4) is 16.3 Å². The highest BCUT2D eigenvalue weighted by Crippen LogP contribution is 2.38. The molecule has 1 N–H and O–H groups in total. The number of methoxy groups -OCH3 is 1. The van der Waals surface area contributed by atoms with Gasteiger partial charge in [0.05, 0.1) is 12.5 Å². The summed E-state index contributed by atoms with van der Waals surface area (Å²) in [7, 11) is -3.13. The van der Waals surface area contributed by atoms with Crippen LogP contribution in [0.1, 0.15) is 6.92 Å². The van der Waals surface area contributed by atoms with E-state index in [1.54, 1.807) is 4.90 Å². The van der Waals surface area contributed by atoms with Crippen molar-refractivity contribution in [3.05, 3.63) is 66.6 Å². The van der Waals surface area contributed by atoms with E-state index in [4.69, 9.17) is 4.74 Å². The van der Waals surface area contributed by atoms with E-state index in [-0.39, 0.29) is 23.3 Å². The zero-order valence-corrected chi connectivity index (χ0v) is 24.0. The Kier molecular flexibility index (Phi) is 8.13. The van der Waals surface area contributed by atoms with Crippen LogP contribution in [0.3, 0.4) is 0 Å². The van der Waals surface area contributed by atoms with E-state index >= 15 is 0 Å². The molecule has 0 bridgehead atoms. The van der Waals surface area contributed by atoms with E-state index in [1.165, 1.54) is 56.1 Å². The van der Waals surface area contributed by atoms with E-state index in [2.05, 4.69) is 19.7 Å². The van der Waals surface area contributed by atoms with Crippen molar-refractivity contribution in [1.82, 2.24) is 19.9 Å². The number of fused-ring (bicyclic) bond motifs is 1. The lowest BCUT2D eigenvalue weighted by molar-refractivity contribution is -0.126. The molecular weight excluding hydrogens is 590 g/mol. The maximum Gasteiger partial charge on any atom is 0.264 e. The number of carbonyl (C=O) groups is 2. The van der Waals surface area contributed by atoms with Gasteiger partial charge in [-0.2, -0.15) is 0 Å². The summed E-state index contributed by atoms with van der Waals surface area (Å²) in [6.45, 7) is 3.32. The van der Waals surface area contributed by atoms with Gasteiger partial charge in [-0.1, -0.05) is 0 Å². The number of nitrogens with one attached hydrogen (secondary N) is 1. The molecule has 0 saturated carbocycles. The van der Waals surface area contributed by atoms with Crippen LogP contribution < -0.4 is 14.4 Å². The SMILES string of the molecule is COc1ncc(-c2cc3c(N4CCN(C(=O)C=CC(C)=O)CC4)ncnc3s2)cc1NS(=O)(=O)c1ccc(F)cc1F. The summed E-state index contributed by atoms with van der Waals surface area (Å²) >= 11 is 1.34. The van der Waals surface area contributed by atoms with Crippen LogP contribution in [0.25, 0.3) is 20.7 Å². The largest absolute Gasteiger partial charge is 0.480 e. The molecule has 15 heteroatoms. The summed E-state index contributed by atoms with van der Waals surface area (Å²) in [6.07, 6.45) is 5.49. The first-order valence-corrected chi connectivity index (χ1v) is 14.8. The lowest BCUT2D eigenvalue weighted by Gasteiger charge is -2.35. The average Bonchev–Trinajstić information content (AvgIpc) is 3.40. The Bertz CT molecular complexity index is 1820. The molecule has 1 aromatic carbocycles. The Morgan fingerprint density at radius 1 is 1.05 bits per heavy atom. The van der Waals surface area contributed by atoms with Gasteiger partial charge in [0, 0.05) is 55.0 Å². The molecule has 11 nitrogen and oxygen atoms in total. The molecule has 1 aliphatic rings. The number of piperazine rings is 1. The molecule has 4 heterocycles. The van der Waals surface area contributed by atoms with E-state index < -0.39 is 26.6 Å². The number of hydrogen-bond donors (Lipinski definition) is 1. The van der Waals surface area contributed by atoms with Crippen molar-refractivity contribution in [2.75, 3.05) is 42.9 Å². The molecule has 218 valence electrons. The van der Waals surface area contributed by atoms with Crippen LogP contribution in [0, 0.1) is 11.6 Å². The standard InChI is InChI=1S/C27H24F2N6O5S2/c1-16(36)3-6-24(37)34-7-9-35(10-8-34)25-19-13-22(41-27(19)32-15-31-25)17-11-21(26(40-2)30-14-17)33-42(38,39)23-5-4-18(28)12-20(23)29/h3-6,11-15,33H,7-10H2,1-2H3. The third-order valence-corrected chi connectivity index (χ3v) is 8.91. The maximum atomic E-state index is 14.3. The quantitative estimate of drug-likeness (QED) is 0.295. The normalized spacial score (nSPS) is 14.0. The van der Waals surface area contributed by atoms with Gasteiger partial charge < -0.3 is 14.5 Å². The minimum atomic E-state index is -4.44. The predicted molar refractivity (Wildman–Crippen MR) is 153 cm³/mol. The third kappa shape index (κ3) is 6.06. The van der Waals surface area contributed by atoms with E-state index in [1.807, 2.05) is 11.0 Å². The number of ether oxygens (including phenoxy) is 1. The van der Waals surface area contributed by atoms with Crippen molar-refractivity contribution in [2.24, 2.45) is 0 Å². The van der Waals surface area contributed by atoms with Crippen LogP contribution in [0.4, 0.5) is 20.3 Å². The van der Waals surface area contributed by atoms with Crippen molar-refractivity contribution < 1.29 is 31.5 Å². The fourth-order valence-electron chi connectivity index (χ4n) is 4.39. The highest BCUT2D eigenvalue weighted by Gasteiger charge is 2.25. The number of ketones is 1. The Hall–Kier alpha value is -4.50. The maximum absolute atomic E-state index is 14.3. The molecule has 3 aromatic heterocycles. The molecule has 5 rings (SSSR count). The number of hydrogen-bond acceptors (Lipinski definition) is 10. The lowest BCUT2D eigenvalue weighted by Crippen LogP contribution is -2.48. The number of allylic oxidation sites excluding steroid dienone is 1. The molecular formula is C27H24F2N6O5S2. The first kappa shape index (κ1) is 29.0. The van der Waals surface area contributed by atoms with Crippen molar-refractivity contribution in [1.29, 1.82) is 0 Å². The molecule has 42 heavy (non-hydrogen) atoms. The Morgan fingerprint density at radius 2 is 1.81 bits per heavy atom. The van der Waals surface area contributed by atoms with E-state index in [0.29, 0.717) is 53.3 Å². The molecule has 0 spiro atoms. The van der Waals surface area contributed by atoms with Gasteiger partial charge in [-0.05, 0) is 37.3 Å².